The third-order valence-corrected chi connectivity index (χ3v) is 12.6. The van der Waals surface area contributed by atoms with Gasteiger partial charge < -0.3 is 44.2 Å². The molecular formula is C51H60N4O12Si. The van der Waals surface area contributed by atoms with Crippen molar-refractivity contribution in [2.24, 2.45) is 0 Å². The van der Waals surface area contributed by atoms with Gasteiger partial charge in [0.1, 0.15) is 48.2 Å². The average Bonchev–Trinajstić information content (AvgIpc) is 3.74. The molecule has 17 heteroatoms. The Hall–Kier alpha value is -6.98. The quantitative estimate of drug-likeness (QED) is 0.0266. The average molecular weight is 949 g/mol. The zero-order valence-electron chi connectivity index (χ0n) is 39.5. The van der Waals surface area contributed by atoms with Crippen LogP contribution in [0.25, 0.3) is 22.2 Å². The summed E-state index contributed by atoms with van der Waals surface area (Å²) in [6.45, 7) is 11.1. The smallest absolute Gasteiger partial charge is 0.408 e. The molecule has 5 aromatic rings. The van der Waals surface area contributed by atoms with Crippen molar-refractivity contribution in [1.29, 1.82) is 0 Å². The molecule has 16 nitrogen and oxygen atoms in total. The molecule has 1 aliphatic heterocycles. The van der Waals surface area contributed by atoms with Gasteiger partial charge >= 0.3 is 24.0 Å². The summed E-state index contributed by atoms with van der Waals surface area (Å²) in [7, 11) is 0.0237. The van der Waals surface area contributed by atoms with E-state index in [9.17, 15) is 29.1 Å². The van der Waals surface area contributed by atoms with Crippen LogP contribution in [-0.2, 0) is 46.4 Å². The summed E-state index contributed by atoms with van der Waals surface area (Å²) in [5.41, 5.74) is 0.341. The summed E-state index contributed by atoms with van der Waals surface area (Å²) in [6, 6.07) is 30.3. The number of nitrogens with zero attached hydrogens (tertiary/aromatic N) is 1. The van der Waals surface area contributed by atoms with E-state index in [1.165, 1.54) is 0 Å². The lowest BCUT2D eigenvalue weighted by Crippen LogP contribution is -2.63. The van der Waals surface area contributed by atoms with Crippen LogP contribution < -0.4 is 30.2 Å². The maximum atomic E-state index is 14.4. The molecular weight excluding hydrogens is 889 g/mol. The Balaban J connectivity index is 1.17. The first-order chi connectivity index (χ1) is 32.3. The van der Waals surface area contributed by atoms with Gasteiger partial charge in [0.05, 0.1) is 24.9 Å². The number of aliphatic carboxylic acids is 1. The van der Waals surface area contributed by atoms with Crippen LogP contribution in [-0.4, -0.2) is 104 Å². The summed E-state index contributed by atoms with van der Waals surface area (Å²) in [6.07, 6.45) is -1.78. The van der Waals surface area contributed by atoms with Crippen LogP contribution in [0.5, 0.6) is 17.2 Å². The Morgan fingerprint density at radius 2 is 1.54 bits per heavy atom. The van der Waals surface area contributed by atoms with Crippen molar-refractivity contribution in [3.8, 4) is 28.5 Å². The zero-order chi connectivity index (χ0) is 49.1. The second kappa shape index (κ2) is 22.2. The highest BCUT2D eigenvalue weighted by Gasteiger charge is 2.55. The monoisotopic (exact) mass is 948 g/mol. The first-order valence-corrected chi connectivity index (χ1v) is 26.1. The normalized spacial score (nSPS) is 16.7. The molecule has 0 radical (unpaired) electrons. The number of carbonyl (C=O) groups excluding carboxylic acids is 4. The van der Waals surface area contributed by atoms with Crippen LogP contribution in [0.1, 0.15) is 38.3 Å². The van der Waals surface area contributed by atoms with Crippen LogP contribution in [0.4, 0.5) is 4.79 Å². The number of alkyl carbamates (subject to hydrolysis) is 1. The van der Waals surface area contributed by atoms with Crippen LogP contribution in [0.3, 0.4) is 0 Å². The Morgan fingerprint density at radius 3 is 2.22 bits per heavy atom. The third-order valence-electron chi connectivity index (χ3n) is 10.9. The van der Waals surface area contributed by atoms with Crippen LogP contribution in [0, 0.1) is 0 Å². The molecule has 0 bridgehead atoms. The Morgan fingerprint density at radius 1 is 0.838 bits per heavy atom. The molecule has 1 saturated heterocycles. The van der Waals surface area contributed by atoms with Gasteiger partial charge in [0.25, 0.3) is 5.91 Å². The number of pyridine rings is 1. The number of esters is 2. The molecule has 1 fully saturated rings. The lowest BCUT2D eigenvalue weighted by atomic mass is 9.94. The number of benzene rings is 4. The zero-order valence-corrected chi connectivity index (χ0v) is 40.5. The number of amides is 2. The molecule has 0 saturated carbocycles. The maximum absolute atomic E-state index is 14.4. The number of carboxylic acid groups (broad SMARTS) is 1. The number of methoxy groups -OCH3 is 1. The first kappa shape index (κ1) is 50.4. The molecule has 2 heterocycles. The first-order valence-electron chi connectivity index (χ1n) is 22.4. The molecule has 0 spiro atoms. The van der Waals surface area contributed by atoms with E-state index in [-0.39, 0.29) is 38.3 Å². The molecule has 360 valence electrons. The molecule has 2 amide bonds. The molecule has 0 unspecified atom stereocenters. The number of rotatable bonds is 20. The molecule has 4 atom stereocenters. The summed E-state index contributed by atoms with van der Waals surface area (Å²) in [5, 5.41) is 19.2. The molecule has 1 aliphatic rings. The highest BCUT2D eigenvalue weighted by Crippen LogP contribution is 2.35. The van der Waals surface area contributed by atoms with Gasteiger partial charge in [-0.25, -0.2) is 24.2 Å². The van der Waals surface area contributed by atoms with Crippen molar-refractivity contribution >= 4 is 48.9 Å². The van der Waals surface area contributed by atoms with Crippen molar-refractivity contribution in [2.75, 3.05) is 26.9 Å². The summed E-state index contributed by atoms with van der Waals surface area (Å²) >= 11 is 0. The molecule has 1 aromatic heterocycles. The van der Waals surface area contributed by atoms with Gasteiger partial charge in [0.15, 0.2) is 11.6 Å². The van der Waals surface area contributed by atoms with E-state index < -0.39 is 73.9 Å². The van der Waals surface area contributed by atoms with Crippen molar-refractivity contribution in [1.82, 2.24) is 20.9 Å². The van der Waals surface area contributed by atoms with E-state index in [4.69, 9.17) is 33.4 Å². The second-order valence-corrected chi connectivity index (χ2v) is 24.4. The van der Waals surface area contributed by atoms with Crippen LogP contribution in [0.15, 0.2) is 109 Å². The SMILES string of the molecule is COc1ccc2c(O[C@H]3CN[C@@](C(=O)N[C@@H](COc4cccc(C[C@H](NC(=O)OCc5ccccc5)C(=O)OCC[Si](C)(C)C)c4)C(=O)O)(C(=O)OC(C)(C)C)C3)cc(-c3ccccc3)nc2c1. The van der Waals surface area contributed by atoms with E-state index in [1.807, 2.05) is 66.7 Å². The van der Waals surface area contributed by atoms with Gasteiger partial charge in [-0.05, 0) is 62.2 Å². The number of nitrogens with one attached hydrogen (secondary N) is 3. The van der Waals surface area contributed by atoms with Gasteiger partial charge in [-0.15, -0.1) is 0 Å². The molecule has 4 N–H and O–H groups in total. The van der Waals surface area contributed by atoms with E-state index in [0.29, 0.717) is 33.7 Å². The van der Waals surface area contributed by atoms with E-state index in [1.54, 1.807) is 70.3 Å². The van der Waals surface area contributed by atoms with Gasteiger partial charge in [-0.1, -0.05) is 92.4 Å². The largest absolute Gasteiger partial charge is 0.497 e. The fourth-order valence-electron chi connectivity index (χ4n) is 7.27. The lowest BCUT2D eigenvalue weighted by molar-refractivity contribution is -0.166. The highest BCUT2D eigenvalue weighted by molar-refractivity contribution is 6.76. The third kappa shape index (κ3) is 14.0. The Kier molecular flexibility index (Phi) is 16.5. The number of fused-ring (bicyclic) bond motifs is 1. The summed E-state index contributed by atoms with van der Waals surface area (Å²) in [5.74, 6) is -2.66. The number of carbonyl (C=O) groups is 5. The molecule has 6 rings (SSSR count). The van der Waals surface area contributed by atoms with Crippen molar-refractivity contribution in [2.45, 2.75) is 95.2 Å². The van der Waals surface area contributed by atoms with E-state index >= 15 is 0 Å². The predicted octanol–water partition coefficient (Wildman–Crippen LogP) is 7.10. The summed E-state index contributed by atoms with van der Waals surface area (Å²) < 4.78 is 34.7. The van der Waals surface area contributed by atoms with Gasteiger partial charge in [0.2, 0.25) is 0 Å². The van der Waals surface area contributed by atoms with Crippen molar-refractivity contribution in [3.05, 3.63) is 120 Å². The number of ether oxygens (including phenoxy) is 6. The number of hydrogen-bond acceptors (Lipinski definition) is 13. The van der Waals surface area contributed by atoms with Gasteiger partial charge in [0, 0.05) is 50.5 Å². The molecule has 68 heavy (non-hydrogen) atoms. The number of hydrogen-bond donors (Lipinski definition) is 4. The van der Waals surface area contributed by atoms with Crippen LogP contribution in [0.2, 0.25) is 25.7 Å². The maximum Gasteiger partial charge on any atom is 0.408 e. The standard InChI is InChI=1S/C51H60N4O12Si/c1-50(2,3)67-48(60)51(29-38(30-52-51)66-44-28-40(35-18-12-9-13-19-35)53-41-27-36(62-4)21-22-39(41)44)47(59)54-43(45(56)57)32-64-37-20-14-17-34(25-37)26-42(46(58)63-23-24-68(5,6)7)55-49(61)65-31-33-15-10-8-11-16-33/h8-22,25,27-28,38,42-43,52H,23-24,26,29-32H2,1-7H3,(H,54,59)(H,55,61)(H,56,57)/t38-,42+,43+,51+/m1/s1. The second-order valence-electron chi connectivity index (χ2n) is 18.8. The molecule has 0 aliphatic carbocycles. The fraction of sp³-hybridized carbons (Fsp3) is 0.373. The summed E-state index contributed by atoms with van der Waals surface area (Å²) in [4.78, 5) is 72.3. The highest BCUT2D eigenvalue weighted by atomic mass is 28.3. The number of carboxylic acids is 1. The topological polar surface area (TPSA) is 210 Å². The van der Waals surface area contributed by atoms with Crippen molar-refractivity contribution in [3.63, 3.8) is 0 Å². The van der Waals surface area contributed by atoms with Gasteiger partial charge in [-0.2, -0.15) is 0 Å². The van der Waals surface area contributed by atoms with E-state index in [2.05, 4.69) is 35.6 Å². The minimum Gasteiger partial charge on any atom is -0.497 e. The minimum atomic E-state index is -2.05. The Bertz CT molecular complexity index is 2570. The van der Waals surface area contributed by atoms with Crippen molar-refractivity contribution < 1.29 is 57.5 Å². The molecule has 4 aromatic carbocycles. The number of aromatic nitrogens is 1. The minimum absolute atomic E-state index is 0.00665. The van der Waals surface area contributed by atoms with E-state index in [0.717, 1.165) is 17.2 Å². The predicted molar refractivity (Wildman–Crippen MR) is 257 cm³/mol. The lowest BCUT2D eigenvalue weighted by Gasteiger charge is -2.31. The fourth-order valence-corrected chi connectivity index (χ4v) is 7.99. The van der Waals surface area contributed by atoms with Gasteiger partial charge in [-0.3, -0.25) is 10.1 Å². The Labute approximate surface area is 397 Å². The van der Waals surface area contributed by atoms with Crippen LogP contribution >= 0.6 is 0 Å².